The summed E-state index contributed by atoms with van der Waals surface area (Å²) in [5.74, 6) is -1.29. The smallest absolute Gasteiger partial charge is 0.335 e. The summed E-state index contributed by atoms with van der Waals surface area (Å²) in [6.07, 6.45) is 0. The van der Waals surface area contributed by atoms with Crippen molar-refractivity contribution in [2.24, 2.45) is 0 Å². The Morgan fingerprint density at radius 3 is 2.45 bits per heavy atom. The topological polar surface area (TPSA) is 98.7 Å². The van der Waals surface area contributed by atoms with Crippen LogP contribution in [0.25, 0.3) is 0 Å². The molecule has 7 nitrogen and oxygen atoms in total. The molecule has 0 fully saturated rings. The molecule has 0 unspecified atom stereocenters. The molecule has 1 aromatic carbocycles. The van der Waals surface area contributed by atoms with Crippen LogP contribution in [0.5, 0.6) is 0 Å². The Morgan fingerprint density at radius 2 is 1.95 bits per heavy atom. The molecule has 1 rings (SSSR count). The van der Waals surface area contributed by atoms with Crippen LogP contribution in [0.4, 0.5) is 10.5 Å². The van der Waals surface area contributed by atoms with E-state index in [4.69, 9.17) is 5.11 Å². The molecule has 0 spiro atoms. The third-order valence-electron chi connectivity index (χ3n) is 2.36. The summed E-state index contributed by atoms with van der Waals surface area (Å²) in [5.41, 5.74) is 0.510. The minimum absolute atomic E-state index is 0.102. The number of amides is 3. The number of carboxylic acids is 1. The molecular weight excluding hydrogens is 330 g/mol. The highest BCUT2D eigenvalue weighted by molar-refractivity contribution is 9.10. The number of carbonyl (C=O) groups excluding carboxylic acids is 2. The maximum Gasteiger partial charge on any atom is 0.335 e. The lowest BCUT2D eigenvalue weighted by atomic mass is 10.2. The van der Waals surface area contributed by atoms with E-state index in [9.17, 15) is 14.4 Å². The normalized spacial score (nSPS) is 9.75. The third kappa shape index (κ3) is 4.54. The summed E-state index contributed by atoms with van der Waals surface area (Å²) in [4.78, 5) is 35.0. The molecule has 0 heterocycles. The number of urea groups is 1. The first-order valence-electron chi connectivity index (χ1n) is 5.59. The Morgan fingerprint density at radius 1 is 1.30 bits per heavy atom. The molecule has 8 heteroatoms. The Kier molecular flexibility index (Phi) is 5.51. The highest BCUT2D eigenvalue weighted by atomic mass is 79.9. The molecule has 0 bridgehead atoms. The standard InChI is InChI=1S/C12H14BrN3O4/c1-16(2)10(17)6-14-12(20)15-9-4-3-7(11(18)19)5-8(9)13/h3-5H,6H2,1-2H3,(H,18,19)(H2,14,15,20). The molecule has 20 heavy (non-hydrogen) atoms. The van der Waals surface area contributed by atoms with E-state index in [0.717, 1.165) is 0 Å². The van der Waals surface area contributed by atoms with Crippen LogP contribution in [0.3, 0.4) is 0 Å². The zero-order valence-electron chi connectivity index (χ0n) is 10.9. The van der Waals surface area contributed by atoms with Crippen molar-refractivity contribution in [1.29, 1.82) is 0 Å². The van der Waals surface area contributed by atoms with Crippen LogP contribution in [0.1, 0.15) is 10.4 Å². The summed E-state index contributed by atoms with van der Waals surface area (Å²) in [6, 6.07) is 3.65. The van der Waals surface area contributed by atoms with E-state index < -0.39 is 12.0 Å². The molecule has 0 atom stereocenters. The second-order valence-corrected chi connectivity index (χ2v) is 4.95. The van der Waals surface area contributed by atoms with E-state index in [1.54, 1.807) is 14.1 Å². The average Bonchev–Trinajstić information content (AvgIpc) is 2.37. The van der Waals surface area contributed by atoms with Gasteiger partial charge in [-0.25, -0.2) is 9.59 Å². The second kappa shape index (κ2) is 6.90. The number of anilines is 1. The van der Waals surface area contributed by atoms with Crippen LogP contribution in [-0.2, 0) is 4.79 Å². The molecule has 0 aliphatic rings. The van der Waals surface area contributed by atoms with Crippen LogP contribution in [0.2, 0.25) is 0 Å². The van der Waals surface area contributed by atoms with Gasteiger partial charge in [0.15, 0.2) is 0 Å². The molecule has 3 N–H and O–H groups in total. The maximum absolute atomic E-state index is 11.6. The number of hydrogen-bond donors (Lipinski definition) is 3. The van der Waals surface area contributed by atoms with E-state index in [2.05, 4.69) is 26.6 Å². The molecule has 0 saturated carbocycles. The van der Waals surface area contributed by atoms with Crippen molar-refractivity contribution in [1.82, 2.24) is 10.2 Å². The first kappa shape index (κ1) is 16.0. The van der Waals surface area contributed by atoms with Crippen molar-refractivity contribution in [2.45, 2.75) is 0 Å². The Hall–Kier alpha value is -2.09. The minimum atomic E-state index is -1.06. The predicted octanol–water partition coefficient (Wildman–Crippen LogP) is 1.36. The predicted molar refractivity (Wildman–Crippen MR) is 76.8 cm³/mol. The molecule has 0 aliphatic heterocycles. The first-order valence-corrected chi connectivity index (χ1v) is 6.38. The average molecular weight is 344 g/mol. The molecule has 3 amide bonds. The fraction of sp³-hybridized carbons (Fsp3) is 0.250. The van der Waals surface area contributed by atoms with Gasteiger partial charge in [-0.15, -0.1) is 0 Å². The van der Waals surface area contributed by atoms with E-state index >= 15 is 0 Å². The van der Waals surface area contributed by atoms with E-state index in [1.165, 1.54) is 23.1 Å². The Balaban J connectivity index is 2.62. The monoisotopic (exact) mass is 343 g/mol. The fourth-order valence-electron chi connectivity index (χ4n) is 1.23. The van der Waals surface area contributed by atoms with Gasteiger partial charge in [-0.2, -0.15) is 0 Å². The lowest BCUT2D eigenvalue weighted by Crippen LogP contribution is -2.38. The number of halogens is 1. The van der Waals surface area contributed by atoms with E-state index in [0.29, 0.717) is 10.2 Å². The van der Waals surface area contributed by atoms with Gasteiger partial charge in [0.2, 0.25) is 5.91 Å². The number of hydrogen-bond acceptors (Lipinski definition) is 3. The molecule has 0 saturated heterocycles. The molecule has 1 aromatic rings. The quantitative estimate of drug-likeness (QED) is 0.768. The lowest BCUT2D eigenvalue weighted by Gasteiger charge is -2.12. The molecule has 0 radical (unpaired) electrons. The van der Waals surface area contributed by atoms with Crippen molar-refractivity contribution in [3.8, 4) is 0 Å². The summed E-state index contributed by atoms with van der Waals surface area (Å²) in [7, 11) is 3.17. The van der Waals surface area contributed by atoms with Crippen LogP contribution in [0.15, 0.2) is 22.7 Å². The van der Waals surface area contributed by atoms with E-state index in [-0.39, 0.29) is 18.0 Å². The SMILES string of the molecule is CN(C)C(=O)CNC(=O)Nc1ccc(C(=O)O)cc1Br. The van der Waals surface area contributed by atoms with Crippen LogP contribution in [0, 0.1) is 0 Å². The number of nitrogens with one attached hydrogen (secondary N) is 2. The van der Waals surface area contributed by atoms with Crippen molar-refractivity contribution in [2.75, 3.05) is 26.0 Å². The molecule has 0 aliphatic carbocycles. The highest BCUT2D eigenvalue weighted by Crippen LogP contribution is 2.23. The Bertz CT molecular complexity index is 546. The number of aromatic carboxylic acids is 1. The van der Waals surface area contributed by atoms with Crippen molar-refractivity contribution >= 4 is 39.5 Å². The van der Waals surface area contributed by atoms with Gasteiger partial charge in [0.1, 0.15) is 0 Å². The molecule has 0 aromatic heterocycles. The molecule has 108 valence electrons. The van der Waals surface area contributed by atoms with Gasteiger partial charge in [-0.3, -0.25) is 4.79 Å². The highest BCUT2D eigenvalue weighted by Gasteiger charge is 2.10. The summed E-state index contributed by atoms with van der Waals surface area (Å²) in [6.45, 7) is -0.121. The van der Waals surface area contributed by atoms with E-state index in [1.807, 2.05) is 0 Å². The number of carboxylic acid groups (broad SMARTS) is 1. The van der Waals surface area contributed by atoms with Crippen LogP contribution >= 0.6 is 15.9 Å². The summed E-state index contributed by atoms with van der Waals surface area (Å²) < 4.78 is 0.437. The lowest BCUT2D eigenvalue weighted by molar-refractivity contribution is -0.127. The zero-order chi connectivity index (χ0) is 15.3. The Labute approximate surface area is 124 Å². The number of rotatable bonds is 4. The summed E-state index contributed by atoms with van der Waals surface area (Å²) >= 11 is 3.17. The largest absolute Gasteiger partial charge is 0.478 e. The van der Waals surface area contributed by atoms with Crippen molar-refractivity contribution in [3.05, 3.63) is 28.2 Å². The number of nitrogens with zero attached hydrogens (tertiary/aromatic N) is 1. The van der Waals surface area contributed by atoms with Gasteiger partial charge in [0.25, 0.3) is 0 Å². The maximum atomic E-state index is 11.6. The fourth-order valence-corrected chi connectivity index (χ4v) is 1.71. The molecular formula is C12H14BrN3O4. The summed E-state index contributed by atoms with van der Waals surface area (Å²) in [5, 5.41) is 13.7. The zero-order valence-corrected chi connectivity index (χ0v) is 12.5. The van der Waals surface area contributed by atoms with Crippen LogP contribution < -0.4 is 10.6 Å². The van der Waals surface area contributed by atoms with Gasteiger partial charge < -0.3 is 20.6 Å². The van der Waals surface area contributed by atoms with Crippen molar-refractivity contribution < 1.29 is 19.5 Å². The first-order chi connectivity index (χ1) is 9.31. The number of carbonyl (C=O) groups is 3. The van der Waals surface area contributed by atoms with Gasteiger partial charge in [0.05, 0.1) is 17.8 Å². The number of benzene rings is 1. The van der Waals surface area contributed by atoms with Gasteiger partial charge in [-0.05, 0) is 34.1 Å². The number of likely N-dealkylation sites (N-methyl/N-ethyl adjacent to an activating group) is 1. The second-order valence-electron chi connectivity index (χ2n) is 4.10. The third-order valence-corrected chi connectivity index (χ3v) is 3.02. The van der Waals surface area contributed by atoms with Gasteiger partial charge >= 0.3 is 12.0 Å². The van der Waals surface area contributed by atoms with Crippen LogP contribution in [-0.4, -0.2) is 48.6 Å². The minimum Gasteiger partial charge on any atom is -0.478 e. The van der Waals surface area contributed by atoms with Gasteiger partial charge in [0, 0.05) is 18.6 Å². The van der Waals surface area contributed by atoms with Gasteiger partial charge in [-0.1, -0.05) is 0 Å². The van der Waals surface area contributed by atoms with Crippen molar-refractivity contribution in [3.63, 3.8) is 0 Å².